The highest BCUT2D eigenvalue weighted by molar-refractivity contribution is 7.71. The number of likely N-dealkylation sites (tertiary alicyclic amines) is 1. The van der Waals surface area contributed by atoms with Crippen LogP contribution in [0.1, 0.15) is 12.8 Å². The lowest BCUT2D eigenvalue weighted by molar-refractivity contribution is 0.253. The normalized spacial score (nSPS) is 15.9. The second kappa shape index (κ2) is 5.46. The average Bonchev–Trinajstić information content (AvgIpc) is 3.04. The number of nitrogens with zero attached hydrogens (tertiary/aromatic N) is 4. The summed E-state index contributed by atoms with van der Waals surface area (Å²) in [7, 11) is 1.90. The zero-order chi connectivity index (χ0) is 14.1. The molecular weight excluding hydrogens is 275 g/mol. The number of hydrogen-bond donors (Lipinski definition) is 0. The van der Waals surface area contributed by atoms with E-state index < -0.39 is 0 Å². The third-order valence-corrected chi connectivity index (χ3v) is 4.16. The van der Waals surface area contributed by atoms with Gasteiger partial charge < -0.3 is 4.57 Å². The SMILES string of the molecule is Cn1c(-c2ccc(F)cc2)nn(CN2CCCC2)c1=S. The third kappa shape index (κ3) is 2.53. The van der Waals surface area contributed by atoms with Gasteiger partial charge in [0, 0.05) is 12.6 Å². The van der Waals surface area contributed by atoms with Crippen molar-refractivity contribution in [3.05, 3.63) is 34.9 Å². The van der Waals surface area contributed by atoms with Gasteiger partial charge in [-0.3, -0.25) is 4.90 Å². The maximum Gasteiger partial charge on any atom is 0.199 e. The fraction of sp³-hybridized carbons (Fsp3) is 0.429. The van der Waals surface area contributed by atoms with E-state index in [-0.39, 0.29) is 5.82 Å². The van der Waals surface area contributed by atoms with Gasteiger partial charge in [-0.15, -0.1) is 0 Å². The van der Waals surface area contributed by atoms with Crippen molar-refractivity contribution in [1.29, 1.82) is 0 Å². The average molecular weight is 292 g/mol. The van der Waals surface area contributed by atoms with E-state index in [9.17, 15) is 4.39 Å². The Balaban J connectivity index is 1.92. The summed E-state index contributed by atoms with van der Waals surface area (Å²) in [5, 5.41) is 4.58. The topological polar surface area (TPSA) is 26.0 Å². The smallest absolute Gasteiger partial charge is 0.199 e. The van der Waals surface area contributed by atoms with E-state index in [0.717, 1.165) is 31.1 Å². The Labute approximate surface area is 122 Å². The molecule has 1 aliphatic heterocycles. The molecule has 1 saturated heterocycles. The summed E-state index contributed by atoms with van der Waals surface area (Å²) in [4.78, 5) is 2.34. The number of rotatable bonds is 3. The van der Waals surface area contributed by atoms with Crippen LogP contribution in [-0.4, -0.2) is 32.3 Å². The molecule has 0 aliphatic carbocycles. The Hall–Kier alpha value is -1.53. The van der Waals surface area contributed by atoms with Crippen molar-refractivity contribution >= 4 is 12.2 Å². The van der Waals surface area contributed by atoms with Gasteiger partial charge in [-0.2, -0.15) is 5.10 Å². The molecule has 0 N–H and O–H groups in total. The predicted octanol–water partition coefficient (Wildman–Crippen LogP) is 2.81. The van der Waals surface area contributed by atoms with Gasteiger partial charge in [-0.05, 0) is 62.4 Å². The molecule has 0 bridgehead atoms. The molecule has 3 rings (SSSR count). The van der Waals surface area contributed by atoms with Crippen LogP contribution in [0.4, 0.5) is 4.39 Å². The van der Waals surface area contributed by atoms with Gasteiger partial charge in [0.15, 0.2) is 10.6 Å². The summed E-state index contributed by atoms with van der Waals surface area (Å²) in [5.74, 6) is 0.528. The second-order valence-electron chi connectivity index (χ2n) is 5.14. The van der Waals surface area contributed by atoms with Crippen LogP contribution in [0.15, 0.2) is 24.3 Å². The highest BCUT2D eigenvalue weighted by Gasteiger charge is 2.15. The molecule has 106 valence electrons. The van der Waals surface area contributed by atoms with Crippen molar-refractivity contribution in [1.82, 2.24) is 19.2 Å². The van der Waals surface area contributed by atoms with Gasteiger partial charge in [0.2, 0.25) is 0 Å². The first kappa shape index (κ1) is 13.5. The standard InChI is InChI=1S/C14H17FN4S/c1-17-13(11-4-6-12(15)7-5-11)16-19(14(17)20)10-18-8-2-3-9-18/h4-7H,2-3,8-10H2,1H3. The van der Waals surface area contributed by atoms with E-state index in [1.807, 2.05) is 16.3 Å². The minimum absolute atomic E-state index is 0.244. The molecule has 2 aromatic rings. The van der Waals surface area contributed by atoms with Crippen molar-refractivity contribution in [2.75, 3.05) is 13.1 Å². The number of halogens is 1. The number of benzene rings is 1. The second-order valence-corrected chi connectivity index (χ2v) is 5.50. The van der Waals surface area contributed by atoms with E-state index in [2.05, 4.69) is 10.00 Å². The quantitative estimate of drug-likeness (QED) is 0.814. The fourth-order valence-electron chi connectivity index (χ4n) is 2.54. The molecule has 0 atom stereocenters. The summed E-state index contributed by atoms with van der Waals surface area (Å²) >= 11 is 5.44. The van der Waals surface area contributed by atoms with Gasteiger partial charge in [-0.1, -0.05) is 0 Å². The van der Waals surface area contributed by atoms with Crippen LogP contribution >= 0.6 is 12.2 Å². The molecule has 1 aliphatic rings. The molecule has 6 heteroatoms. The van der Waals surface area contributed by atoms with E-state index in [1.165, 1.54) is 25.0 Å². The Morgan fingerprint density at radius 1 is 1.20 bits per heavy atom. The molecule has 1 aromatic heterocycles. The summed E-state index contributed by atoms with van der Waals surface area (Å²) in [6.45, 7) is 2.93. The van der Waals surface area contributed by atoms with Gasteiger partial charge in [0.1, 0.15) is 5.82 Å². The van der Waals surface area contributed by atoms with Crippen molar-refractivity contribution in [2.45, 2.75) is 19.5 Å². The number of aromatic nitrogens is 3. The molecule has 20 heavy (non-hydrogen) atoms. The molecule has 2 heterocycles. The Morgan fingerprint density at radius 3 is 2.50 bits per heavy atom. The fourth-order valence-corrected chi connectivity index (χ4v) is 2.73. The van der Waals surface area contributed by atoms with Gasteiger partial charge in [-0.25, -0.2) is 9.07 Å². The maximum atomic E-state index is 13.0. The van der Waals surface area contributed by atoms with Gasteiger partial charge in [0.25, 0.3) is 0 Å². The van der Waals surface area contributed by atoms with Crippen LogP contribution in [-0.2, 0) is 13.7 Å². The van der Waals surface area contributed by atoms with Crippen molar-refractivity contribution in [3.8, 4) is 11.4 Å². The van der Waals surface area contributed by atoms with Gasteiger partial charge >= 0.3 is 0 Å². The van der Waals surface area contributed by atoms with Crippen LogP contribution < -0.4 is 0 Å². The summed E-state index contributed by atoms with van der Waals surface area (Å²) in [5.41, 5.74) is 0.875. The monoisotopic (exact) mass is 292 g/mol. The third-order valence-electron chi connectivity index (χ3n) is 3.68. The Bertz CT molecular complexity index is 653. The van der Waals surface area contributed by atoms with E-state index >= 15 is 0 Å². The minimum atomic E-state index is -0.244. The molecule has 4 nitrogen and oxygen atoms in total. The van der Waals surface area contributed by atoms with Gasteiger partial charge in [0.05, 0.1) is 6.67 Å². The Morgan fingerprint density at radius 2 is 1.85 bits per heavy atom. The van der Waals surface area contributed by atoms with E-state index in [0.29, 0.717) is 4.77 Å². The van der Waals surface area contributed by atoms with Crippen LogP contribution in [0.2, 0.25) is 0 Å². The summed E-state index contributed by atoms with van der Waals surface area (Å²) < 4.78 is 17.4. The molecule has 0 amide bonds. The molecule has 0 unspecified atom stereocenters. The van der Waals surface area contributed by atoms with Crippen molar-refractivity contribution in [2.24, 2.45) is 7.05 Å². The lowest BCUT2D eigenvalue weighted by Gasteiger charge is -2.13. The first-order chi connectivity index (χ1) is 9.65. The zero-order valence-electron chi connectivity index (χ0n) is 11.4. The molecular formula is C14H17FN4S. The van der Waals surface area contributed by atoms with Crippen LogP contribution in [0.25, 0.3) is 11.4 Å². The van der Waals surface area contributed by atoms with Crippen LogP contribution in [0.5, 0.6) is 0 Å². The van der Waals surface area contributed by atoms with E-state index in [1.54, 1.807) is 12.1 Å². The van der Waals surface area contributed by atoms with Crippen LogP contribution in [0.3, 0.4) is 0 Å². The minimum Gasteiger partial charge on any atom is -0.303 e. The van der Waals surface area contributed by atoms with E-state index in [4.69, 9.17) is 12.2 Å². The Kier molecular flexibility index (Phi) is 3.67. The zero-order valence-corrected chi connectivity index (χ0v) is 12.2. The predicted molar refractivity (Wildman–Crippen MR) is 78.2 cm³/mol. The molecule has 1 aromatic carbocycles. The maximum absolute atomic E-state index is 13.0. The molecule has 1 fully saturated rings. The summed E-state index contributed by atoms with van der Waals surface area (Å²) in [6, 6.07) is 6.34. The first-order valence-electron chi connectivity index (χ1n) is 6.77. The largest absolute Gasteiger partial charge is 0.303 e. The molecule has 0 radical (unpaired) electrons. The van der Waals surface area contributed by atoms with Crippen molar-refractivity contribution < 1.29 is 4.39 Å². The summed E-state index contributed by atoms with van der Waals surface area (Å²) in [6.07, 6.45) is 2.48. The molecule has 0 spiro atoms. The highest BCUT2D eigenvalue weighted by Crippen LogP contribution is 2.18. The number of hydrogen-bond acceptors (Lipinski definition) is 3. The first-order valence-corrected chi connectivity index (χ1v) is 7.18. The highest BCUT2D eigenvalue weighted by atomic mass is 32.1. The van der Waals surface area contributed by atoms with Crippen molar-refractivity contribution in [3.63, 3.8) is 0 Å². The lowest BCUT2D eigenvalue weighted by Crippen LogP contribution is -2.23. The molecule has 0 saturated carbocycles. The van der Waals surface area contributed by atoms with Crippen LogP contribution in [0, 0.1) is 10.6 Å². The lowest BCUT2D eigenvalue weighted by atomic mass is 10.2.